The molecule has 23 heavy (non-hydrogen) atoms. The Morgan fingerprint density at radius 3 is 2.35 bits per heavy atom. The monoisotopic (exact) mass is 322 g/mol. The Kier molecular flexibility index (Phi) is 6.12. The first-order valence-electron chi connectivity index (χ1n) is 7.26. The number of carbonyl (C=O) groups excluding carboxylic acids is 2. The van der Waals surface area contributed by atoms with E-state index in [2.05, 4.69) is 10.6 Å². The maximum Gasteiger partial charge on any atom is 0.408 e. The molecule has 1 aromatic rings. The Labute approximate surface area is 135 Å². The quantitative estimate of drug-likeness (QED) is 0.773. The summed E-state index contributed by atoms with van der Waals surface area (Å²) in [4.78, 5) is 35.1. The maximum atomic E-state index is 12.2. The topological polar surface area (TPSA) is 105 Å². The van der Waals surface area contributed by atoms with Gasteiger partial charge in [-0.15, -0.1) is 0 Å². The number of nitrogens with one attached hydrogen (secondary N) is 2. The molecule has 1 rings (SSSR count). The van der Waals surface area contributed by atoms with E-state index in [0.29, 0.717) is 6.42 Å². The van der Waals surface area contributed by atoms with E-state index in [0.717, 1.165) is 0 Å². The fourth-order valence-electron chi connectivity index (χ4n) is 1.80. The number of hydrogen-bond donors (Lipinski definition) is 3. The van der Waals surface area contributed by atoms with Crippen LogP contribution in [0.15, 0.2) is 24.3 Å². The standard InChI is InChI=1S/C16H22N2O5/c1-5-11(18-15(22)23-16(2,3)4)13(19)17-12-9-7-6-8-10(12)14(20)21/h6-9,11H,5H2,1-4H3,(H,17,19)(H,18,22)(H,20,21). The van der Waals surface area contributed by atoms with E-state index in [4.69, 9.17) is 9.84 Å². The van der Waals surface area contributed by atoms with E-state index in [1.165, 1.54) is 12.1 Å². The summed E-state index contributed by atoms with van der Waals surface area (Å²) in [7, 11) is 0. The van der Waals surface area contributed by atoms with Crippen molar-refractivity contribution < 1.29 is 24.2 Å². The summed E-state index contributed by atoms with van der Waals surface area (Å²) in [6.45, 7) is 6.88. The molecule has 2 amide bonds. The van der Waals surface area contributed by atoms with E-state index < -0.39 is 29.6 Å². The molecule has 0 spiro atoms. The fraction of sp³-hybridized carbons (Fsp3) is 0.438. The summed E-state index contributed by atoms with van der Waals surface area (Å²) >= 11 is 0. The van der Waals surface area contributed by atoms with Crippen LogP contribution in [-0.4, -0.2) is 34.7 Å². The zero-order chi connectivity index (χ0) is 17.6. The summed E-state index contributed by atoms with van der Waals surface area (Å²) in [5.41, 5.74) is -0.517. The van der Waals surface area contributed by atoms with Crippen molar-refractivity contribution in [1.82, 2.24) is 5.32 Å². The highest BCUT2D eigenvalue weighted by molar-refractivity contribution is 6.02. The SMILES string of the molecule is CCC(NC(=O)OC(C)(C)C)C(=O)Nc1ccccc1C(=O)O. The second-order valence-corrected chi connectivity index (χ2v) is 5.95. The average molecular weight is 322 g/mol. The second kappa shape index (κ2) is 7.62. The number of benzene rings is 1. The first kappa shape index (κ1) is 18.5. The average Bonchev–Trinajstić information content (AvgIpc) is 2.43. The van der Waals surface area contributed by atoms with Crippen LogP contribution in [0.1, 0.15) is 44.5 Å². The molecule has 3 N–H and O–H groups in total. The molecule has 0 aliphatic heterocycles. The molecule has 0 fully saturated rings. The third-order valence-electron chi connectivity index (χ3n) is 2.83. The highest BCUT2D eigenvalue weighted by Crippen LogP contribution is 2.15. The molecule has 7 nitrogen and oxygen atoms in total. The van der Waals surface area contributed by atoms with Crippen molar-refractivity contribution in [2.45, 2.75) is 45.8 Å². The van der Waals surface area contributed by atoms with Gasteiger partial charge in [-0.3, -0.25) is 4.79 Å². The summed E-state index contributed by atoms with van der Waals surface area (Å²) in [6.07, 6.45) is -0.369. The van der Waals surface area contributed by atoms with Crippen LogP contribution in [0.2, 0.25) is 0 Å². The fourth-order valence-corrected chi connectivity index (χ4v) is 1.80. The lowest BCUT2D eigenvalue weighted by molar-refractivity contribution is -0.118. The Morgan fingerprint density at radius 2 is 1.83 bits per heavy atom. The number of carboxylic acids is 1. The molecule has 1 atom stereocenters. The molecule has 0 aliphatic rings. The number of ether oxygens (including phenoxy) is 1. The van der Waals surface area contributed by atoms with Crippen LogP contribution in [0.5, 0.6) is 0 Å². The molecule has 0 saturated heterocycles. The number of amides is 2. The summed E-state index contributed by atoms with van der Waals surface area (Å²) < 4.78 is 5.11. The highest BCUT2D eigenvalue weighted by atomic mass is 16.6. The molecule has 0 aromatic heterocycles. The van der Waals surface area contributed by atoms with Gasteiger partial charge >= 0.3 is 12.1 Å². The smallest absolute Gasteiger partial charge is 0.408 e. The predicted octanol–water partition coefficient (Wildman–Crippen LogP) is 2.63. The first-order valence-corrected chi connectivity index (χ1v) is 7.26. The Balaban J connectivity index is 2.79. The van der Waals surface area contributed by atoms with Crippen molar-refractivity contribution in [1.29, 1.82) is 0 Å². The van der Waals surface area contributed by atoms with E-state index >= 15 is 0 Å². The summed E-state index contributed by atoms with van der Waals surface area (Å²) in [5, 5.41) is 14.1. The van der Waals surface area contributed by atoms with E-state index in [1.54, 1.807) is 39.8 Å². The van der Waals surface area contributed by atoms with Crippen LogP contribution in [0.25, 0.3) is 0 Å². The van der Waals surface area contributed by atoms with E-state index in [1.807, 2.05) is 0 Å². The Morgan fingerprint density at radius 1 is 1.22 bits per heavy atom. The van der Waals surface area contributed by atoms with Crippen molar-refractivity contribution in [2.24, 2.45) is 0 Å². The molecule has 0 saturated carbocycles. The molecule has 1 aromatic carbocycles. The lowest BCUT2D eigenvalue weighted by Gasteiger charge is -2.22. The predicted molar refractivity (Wildman–Crippen MR) is 85.5 cm³/mol. The number of carbonyl (C=O) groups is 3. The van der Waals surface area contributed by atoms with Gasteiger partial charge in [-0.25, -0.2) is 9.59 Å². The second-order valence-electron chi connectivity index (χ2n) is 5.95. The first-order chi connectivity index (χ1) is 10.6. The number of hydrogen-bond acceptors (Lipinski definition) is 4. The van der Waals surface area contributed by atoms with Crippen LogP contribution in [0.3, 0.4) is 0 Å². The zero-order valence-electron chi connectivity index (χ0n) is 13.7. The Bertz CT molecular complexity index is 592. The molecule has 0 aliphatic carbocycles. The normalized spacial score (nSPS) is 12.2. The molecule has 0 radical (unpaired) electrons. The van der Waals surface area contributed by atoms with Gasteiger partial charge in [0.25, 0.3) is 0 Å². The molecule has 126 valence electrons. The third-order valence-corrected chi connectivity index (χ3v) is 2.83. The van der Waals surface area contributed by atoms with Crippen molar-refractivity contribution in [2.75, 3.05) is 5.32 Å². The minimum atomic E-state index is -1.14. The lowest BCUT2D eigenvalue weighted by atomic mass is 10.1. The van der Waals surface area contributed by atoms with Crippen LogP contribution in [0.4, 0.5) is 10.5 Å². The summed E-state index contributed by atoms with van der Waals surface area (Å²) in [6, 6.07) is 5.23. The van der Waals surface area contributed by atoms with Crippen LogP contribution >= 0.6 is 0 Å². The van der Waals surface area contributed by atoms with Gasteiger partial charge < -0.3 is 20.5 Å². The van der Waals surface area contributed by atoms with Crippen LogP contribution in [0, 0.1) is 0 Å². The number of aromatic carboxylic acids is 1. The van der Waals surface area contributed by atoms with Crippen LogP contribution in [-0.2, 0) is 9.53 Å². The van der Waals surface area contributed by atoms with Crippen molar-refractivity contribution >= 4 is 23.7 Å². The number of rotatable bonds is 5. The van der Waals surface area contributed by atoms with Crippen molar-refractivity contribution in [3.63, 3.8) is 0 Å². The van der Waals surface area contributed by atoms with Gasteiger partial charge in [0.15, 0.2) is 0 Å². The number of carboxylic acid groups (broad SMARTS) is 1. The molecular weight excluding hydrogens is 300 g/mol. The highest BCUT2D eigenvalue weighted by Gasteiger charge is 2.24. The molecule has 0 bridgehead atoms. The Hall–Kier alpha value is -2.57. The minimum absolute atomic E-state index is 0.0204. The largest absolute Gasteiger partial charge is 0.478 e. The van der Waals surface area contributed by atoms with Crippen molar-refractivity contribution in [3.05, 3.63) is 29.8 Å². The molecule has 7 heteroatoms. The van der Waals surface area contributed by atoms with Crippen molar-refractivity contribution in [3.8, 4) is 0 Å². The summed E-state index contributed by atoms with van der Waals surface area (Å²) in [5.74, 6) is -1.65. The lowest BCUT2D eigenvalue weighted by Crippen LogP contribution is -2.45. The van der Waals surface area contributed by atoms with E-state index in [-0.39, 0.29) is 11.3 Å². The number of anilines is 1. The molecular formula is C16H22N2O5. The van der Waals surface area contributed by atoms with Gasteiger partial charge in [0.05, 0.1) is 11.3 Å². The van der Waals surface area contributed by atoms with Gasteiger partial charge in [0.1, 0.15) is 11.6 Å². The van der Waals surface area contributed by atoms with Gasteiger partial charge in [-0.05, 0) is 39.3 Å². The number of para-hydroxylation sites is 1. The van der Waals surface area contributed by atoms with Gasteiger partial charge in [0.2, 0.25) is 5.91 Å². The molecule has 1 unspecified atom stereocenters. The van der Waals surface area contributed by atoms with Crippen LogP contribution < -0.4 is 10.6 Å². The maximum absolute atomic E-state index is 12.2. The number of alkyl carbamates (subject to hydrolysis) is 1. The minimum Gasteiger partial charge on any atom is -0.478 e. The van der Waals surface area contributed by atoms with Gasteiger partial charge in [0, 0.05) is 0 Å². The van der Waals surface area contributed by atoms with Gasteiger partial charge in [-0.2, -0.15) is 0 Å². The zero-order valence-corrected chi connectivity index (χ0v) is 13.7. The third kappa shape index (κ3) is 5.98. The molecule has 0 heterocycles. The van der Waals surface area contributed by atoms with E-state index in [9.17, 15) is 14.4 Å². The van der Waals surface area contributed by atoms with Gasteiger partial charge in [-0.1, -0.05) is 19.1 Å².